The van der Waals surface area contributed by atoms with Gasteiger partial charge in [-0.25, -0.2) is 4.79 Å². The fourth-order valence-electron chi connectivity index (χ4n) is 10.1. The molecule has 3 heterocycles. The van der Waals surface area contributed by atoms with Crippen molar-refractivity contribution in [2.75, 3.05) is 39.3 Å². The molecule has 0 aliphatic carbocycles. The molecule has 1 aromatic heterocycles. The molecule has 83 heavy (non-hydrogen) atoms. The lowest BCUT2D eigenvalue weighted by atomic mass is 10.0. The second-order valence-electron chi connectivity index (χ2n) is 20.4. The summed E-state index contributed by atoms with van der Waals surface area (Å²) in [5.74, 6) is -7.43. The molecule has 0 saturated carbocycles. The number of aliphatic hydroxyl groups is 1. The van der Waals surface area contributed by atoms with Crippen LogP contribution in [0.3, 0.4) is 0 Å². The molecule has 446 valence electrons. The fourth-order valence-corrected chi connectivity index (χ4v) is 10.1. The number of H-pyrrole nitrogens is 1. The third-order valence-electron chi connectivity index (χ3n) is 14.3. The lowest BCUT2D eigenvalue weighted by molar-refractivity contribution is -0.144. The summed E-state index contributed by atoms with van der Waals surface area (Å²) in [6, 6.07) is 14.9. The van der Waals surface area contributed by atoms with E-state index in [1.54, 1.807) is 66.9 Å². The summed E-state index contributed by atoms with van der Waals surface area (Å²) < 4.78 is 0. The monoisotopic (exact) mass is 1150 g/mol. The van der Waals surface area contributed by atoms with Crippen LogP contribution >= 0.6 is 0 Å². The molecule has 0 spiro atoms. The van der Waals surface area contributed by atoms with Gasteiger partial charge in [-0.05, 0) is 74.1 Å². The van der Waals surface area contributed by atoms with Crippen LogP contribution in [0.4, 0.5) is 0 Å². The molecule has 3 aromatic carbocycles. The van der Waals surface area contributed by atoms with Crippen molar-refractivity contribution < 1.29 is 53.4 Å². The standard InChI is InChI=1S/C56H76N16O11/c57-37(18-9-23-62-55(58)59)47(75)69-42(28-34-15-5-2-6-16-34)52(80)71-25-11-21-44(71)50(78)65-31-46(74)66-41(29-35-30-64-38-19-8-7-17-36(35)38)49(77)70-43(32-73)53(81)72-26-12-22-45(72)51(79)68-40(27-33-13-3-1-4-14-33)48(76)67-39(54(82)83)20-10-24-63-56(60)61/h1-8,13-17,19,30,37,39-45,64,73H,9-12,18,20-29,31-32,57H2,(H,65,78)(H,66,74)(H,67,76)(H,68,79)(H,69,75)(H,70,77)(H,82,83)(H4,58,59,62)(H4,60,61,63)/t37-,39-,40-,41-,42-,43-,44-,45-/m0/s1. The topological polar surface area (TPSA) is 443 Å². The number of nitrogens with zero attached hydrogens (tertiary/aromatic N) is 4. The lowest BCUT2D eigenvalue weighted by Gasteiger charge is -2.30. The van der Waals surface area contributed by atoms with Crippen LogP contribution in [-0.2, 0) is 62.4 Å². The first-order valence-corrected chi connectivity index (χ1v) is 27.6. The van der Waals surface area contributed by atoms with E-state index >= 15 is 0 Å². The van der Waals surface area contributed by atoms with Gasteiger partial charge in [0.1, 0.15) is 42.3 Å². The molecule has 0 radical (unpaired) electrons. The summed E-state index contributed by atoms with van der Waals surface area (Å²) >= 11 is 0. The van der Waals surface area contributed by atoms with Crippen molar-refractivity contribution in [2.24, 2.45) is 38.7 Å². The van der Waals surface area contributed by atoms with Crippen molar-refractivity contribution in [1.82, 2.24) is 46.7 Å². The Balaban J connectivity index is 1.12. The Kier molecular flexibility index (Phi) is 23.7. The molecule has 8 amide bonds. The Morgan fingerprint density at radius 3 is 1.67 bits per heavy atom. The summed E-state index contributed by atoms with van der Waals surface area (Å²) in [5.41, 5.74) is 30.5. The van der Waals surface area contributed by atoms with E-state index < -0.39 is 115 Å². The third-order valence-corrected chi connectivity index (χ3v) is 14.3. The normalized spacial score (nSPS) is 16.9. The summed E-state index contributed by atoms with van der Waals surface area (Å²) in [6.45, 7) is -0.974. The van der Waals surface area contributed by atoms with E-state index in [-0.39, 0.29) is 89.5 Å². The van der Waals surface area contributed by atoms with Gasteiger partial charge in [0.2, 0.25) is 47.3 Å². The summed E-state index contributed by atoms with van der Waals surface area (Å²) in [7, 11) is 0. The number of aromatic nitrogens is 1. The number of aliphatic hydroxyl groups excluding tert-OH is 1. The minimum Gasteiger partial charge on any atom is -0.480 e. The summed E-state index contributed by atoms with van der Waals surface area (Å²) in [6.07, 6.45) is 3.57. The highest BCUT2D eigenvalue weighted by atomic mass is 16.4. The van der Waals surface area contributed by atoms with Gasteiger partial charge in [0.15, 0.2) is 11.9 Å². The highest BCUT2D eigenvalue weighted by Gasteiger charge is 2.41. The van der Waals surface area contributed by atoms with Gasteiger partial charge in [0, 0.05) is 62.5 Å². The number of nitrogens with one attached hydrogen (secondary N) is 7. The number of hydrogen-bond donors (Lipinski definition) is 14. The van der Waals surface area contributed by atoms with Gasteiger partial charge in [-0.3, -0.25) is 48.3 Å². The molecule has 2 aliphatic heterocycles. The lowest BCUT2D eigenvalue weighted by Crippen LogP contribution is -2.60. The number of likely N-dealkylation sites (tertiary alicyclic amines) is 2. The molecule has 2 aliphatic rings. The number of carboxylic acid groups (broad SMARTS) is 1. The average molecular weight is 1150 g/mol. The van der Waals surface area contributed by atoms with Gasteiger partial charge in [-0.2, -0.15) is 0 Å². The molecule has 27 nitrogen and oxygen atoms in total. The third kappa shape index (κ3) is 18.7. The van der Waals surface area contributed by atoms with Gasteiger partial charge in [-0.15, -0.1) is 0 Å². The average Bonchev–Trinajstić information content (AvgIpc) is 4.36. The van der Waals surface area contributed by atoms with E-state index in [0.29, 0.717) is 30.4 Å². The number of carbonyl (C=O) groups is 9. The number of carboxylic acids is 1. The fraction of sp³-hybridized carbons (Fsp3) is 0.446. The number of para-hydroxylation sites is 1. The molecule has 27 heteroatoms. The number of aromatic amines is 1. The molecule has 0 bridgehead atoms. The van der Waals surface area contributed by atoms with E-state index in [9.17, 15) is 53.4 Å². The predicted molar refractivity (Wildman–Crippen MR) is 307 cm³/mol. The highest BCUT2D eigenvalue weighted by Crippen LogP contribution is 2.23. The number of nitrogens with two attached hydrogens (primary N) is 5. The van der Waals surface area contributed by atoms with Crippen molar-refractivity contribution in [3.63, 3.8) is 0 Å². The number of carbonyl (C=O) groups excluding carboxylic acids is 8. The Bertz CT molecular complexity index is 2950. The van der Waals surface area contributed by atoms with Gasteiger partial charge in [0.05, 0.1) is 19.2 Å². The second-order valence-corrected chi connectivity index (χ2v) is 20.4. The Morgan fingerprint density at radius 1 is 0.590 bits per heavy atom. The Labute approximate surface area is 479 Å². The van der Waals surface area contributed by atoms with Crippen LogP contribution in [0.15, 0.2) is 101 Å². The van der Waals surface area contributed by atoms with Gasteiger partial charge in [0.25, 0.3) is 0 Å². The molecule has 0 unspecified atom stereocenters. The number of aliphatic carboxylic acids is 1. The zero-order valence-corrected chi connectivity index (χ0v) is 46.0. The van der Waals surface area contributed by atoms with Crippen LogP contribution in [0.2, 0.25) is 0 Å². The molecule has 2 saturated heterocycles. The van der Waals surface area contributed by atoms with Crippen LogP contribution in [0.25, 0.3) is 10.9 Å². The number of aliphatic imine (C=N–C) groups is 2. The first-order chi connectivity index (χ1) is 39.8. The van der Waals surface area contributed by atoms with Crippen LogP contribution in [0, 0.1) is 0 Å². The van der Waals surface area contributed by atoms with Crippen LogP contribution in [0.5, 0.6) is 0 Å². The van der Waals surface area contributed by atoms with Crippen molar-refractivity contribution in [3.05, 3.63) is 108 Å². The number of fused-ring (bicyclic) bond motifs is 1. The summed E-state index contributed by atoms with van der Waals surface area (Å²) in [5, 5.41) is 37.1. The number of rotatable bonds is 30. The molecule has 2 fully saturated rings. The maximum absolute atomic E-state index is 14.4. The van der Waals surface area contributed by atoms with Crippen LogP contribution in [0.1, 0.15) is 68.1 Å². The molecular formula is C56H76N16O11. The van der Waals surface area contributed by atoms with Gasteiger partial charge in [-0.1, -0.05) is 78.9 Å². The maximum Gasteiger partial charge on any atom is 0.326 e. The van der Waals surface area contributed by atoms with E-state index in [4.69, 9.17) is 28.7 Å². The zero-order valence-electron chi connectivity index (χ0n) is 46.0. The van der Waals surface area contributed by atoms with Crippen LogP contribution < -0.4 is 60.6 Å². The van der Waals surface area contributed by atoms with E-state index in [0.717, 1.165) is 16.5 Å². The maximum atomic E-state index is 14.4. The minimum absolute atomic E-state index is 0.0291. The summed E-state index contributed by atoms with van der Waals surface area (Å²) in [4.78, 5) is 138. The van der Waals surface area contributed by atoms with E-state index in [2.05, 4.69) is 46.9 Å². The Hall–Kier alpha value is -9.11. The SMILES string of the molecule is NC(N)=NCCC[C@H](NC(=O)[C@H](Cc1ccccc1)NC(=O)[C@@H]1CCCN1C(=O)[C@H](CO)NC(=O)[C@H](Cc1c[nH]c2ccccc12)NC(=O)CNC(=O)[C@@H]1CCCN1C(=O)[C@H](Cc1ccccc1)NC(=O)[C@@H](N)CCCN=C(N)N)C(=O)O. The smallest absolute Gasteiger partial charge is 0.326 e. The number of benzene rings is 3. The number of guanidine groups is 2. The van der Waals surface area contributed by atoms with Crippen molar-refractivity contribution in [2.45, 2.75) is 119 Å². The van der Waals surface area contributed by atoms with Crippen molar-refractivity contribution in [1.29, 1.82) is 0 Å². The largest absolute Gasteiger partial charge is 0.480 e. The van der Waals surface area contributed by atoms with E-state index in [1.807, 2.05) is 24.3 Å². The first-order valence-electron chi connectivity index (χ1n) is 27.6. The molecule has 8 atom stereocenters. The zero-order chi connectivity index (χ0) is 60.0. The molecular weight excluding hydrogens is 1070 g/mol. The van der Waals surface area contributed by atoms with Crippen molar-refractivity contribution in [3.8, 4) is 0 Å². The number of hydrogen-bond acceptors (Lipinski definition) is 13. The Morgan fingerprint density at radius 2 is 1.10 bits per heavy atom. The van der Waals surface area contributed by atoms with Gasteiger partial charge >= 0.3 is 5.97 Å². The molecule has 19 N–H and O–H groups in total. The highest BCUT2D eigenvalue weighted by molar-refractivity contribution is 5.98. The first kappa shape index (κ1) is 63.1. The quantitative estimate of drug-likeness (QED) is 0.0143. The second kappa shape index (κ2) is 31.2. The predicted octanol–water partition coefficient (Wildman–Crippen LogP) is -2.77. The van der Waals surface area contributed by atoms with E-state index in [1.165, 1.54) is 9.80 Å². The van der Waals surface area contributed by atoms with Crippen LogP contribution in [-0.4, -0.2) is 178 Å². The number of amides is 8. The van der Waals surface area contributed by atoms with Crippen molar-refractivity contribution >= 4 is 76.0 Å². The molecule has 4 aromatic rings. The minimum atomic E-state index is -1.62. The van der Waals surface area contributed by atoms with Gasteiger partial charge < -0.3 is 85.6 Å². The molecule has 6 rings (SSSR count).